The van der Waals surface area contributed by atoms with Crippen molar-refractivity contribution in [2.24, 2.45) is 5.73 Å². The van der Waals surface area contributed by atoms with Crippen LogP contribution in [-0.2, 0) is 9.47 Å². The fraction of sp³-hybridized carbons (Fsp3) is 0.963. The maximum atomic E-state index is 12.6. The van der Waals surface area contributed by atoms with Crippen LogP contribution in [0.5, 0.6) is 0 Å². The van der Waals surface area contributed by atoms with Gasteiger partial charge in [-0.1, -0.05) is 32.1 Å². The SMILES string of the molecule is CN(CCCNC(=O)NC1CCCCC1OC1CCCCC1)CC1OC(N2CNC3C(N)NCNC32)[C@H](O)[C@@H]1O. The zero-order valence-electron chi connectivity index (χ0n) is 24.0. The van der Waals surface area contributed by atoms with Crippen molar-refractivity contribution in [3.8, 4) is 0 Å². The van der Waals surface area contributed by atoms with Gasteiger partial charge >= 0.3 is 6.03 Å². The van der Waals surface area contributed by atoms with Crippen LogP contribution in [-0.4, -0.2) is 127 Å². The van der Waals surface area contributed by atoms with Gasteiger partial charge < -0.3 is 41.0 Å². The van der Waals surface area contributed by atoms with Crippen molar-refractivity contribution in [3.63, 3.8) is 0 Å². The summed E-state index contributed by atoms with van der Waals surface area (Å²) in [4.78, 5) is 16.7. The minimum absolute atomic E-state index is 0.0125. The number of hydrogen-bond donors (Lipinski definition) is 8. The molecule has 2 amide bonds. The number of urea groups is 1. The number of fused-ring (bicyclic) bond motifs is 1. The number of rotatable bonds is 10. The third kappa shape index (κ3) is 7.44. The molecule has 3 heterocycles. The minimum Gasteiger partial charge on any atom is -0.387 e. The quantitative estimate of drug-likeness (QED) is 0.148. The van der Waals surface area contributed by atoms with Crippen molar-refractivity contribution in [1.82, 2.24) is 36.4 Å². The third-order valence-corrected chi connectivity index (χ3v) is 9.34. The van der Waals surface area contributed by atoms with Gasteiger partial charge in [-0.25, -0.2) is 9.69 Å². The zero-order chi connectivity index (χ0) is 28.1. The minimum atomic E-state index is -1.01. The molecule has 5 rings (SSSR count). The Hall–Kier alpha value is -1.13. The number of nitrogens with two attached hydrogens (primary N) is 1. The molecule has 0 aromatic carbocycles. The van der Waals surface area contributed by atoms with Gasteiger partial charge in [0.2, 0.25) is 0 Å². The first-order chi connectivity index (χ1) is 19.4. The lowest BCUT2D eigenvalue weighted by Crippen LogP contribution is -2.68. The standard InChI is InChI=1S/C27H52N8O5/c1-34(14-20-22(36)23(37)26(40-20)35-16-32-21-24(28)30-15-31-25(21)35)13-7-12-29-27(38)33-18-10-5-6-11-19(18)39-17-8-3-2-4-9-17/h17-26,30-32,36-37H,2-16,28H2,1H3,(H2,29,33,38)/t18?,19?,20?,21?,22-,23-,24?,25?,26?/m1/s1. The van der Waals surface area contributed by atoms with Crippen molar-refractivity contribution in [1.29, 1.82) is 0 Å². The van der Waals surface area contributed by atoms with Gasteiger partial charge in [0.1, 0.15) is 24.5 Å². The van der Waals surface area contributed by atoms with Crippen molar-refractivity contribution in [2.75, 3.05) is 40.0 Å². The molecule has 0 aromatic rings. The molecule has 7 unspecified atom stereocenters. The van der Waals surface area contributed by atoms with E-state index in [9.17, 15) is 15.0 Å². The Morgan fingerprint density at radius 3 is 2.67 bits per heavy atom. The van der Waals surface area contributed by atoms with E-state index in [-0.39, 0.29) is 36.6 Å². The summed E-state index contributed by atoms with van der Waals surface area (Å²) in [6, 6.07) is -0.0618. The lowest BCUT2D eigenvalue weighted by atomic mass is 9.91. The second-order valence-electron chi connectivity index (χ2n) is 12.3. The molecule has 2 aliphatic carbocycles. The summed E-state index contributed by atoms with van der Waals surface area (Å²) in [5.74, 6) is 0. The van der Waals surface area contributed by atoms with E-state index in [1.807, 2.05) is 11.9 Å². The number of carbonyl (C=O) groups is 1. The molecule has 3 aliphatic heterocycles. The Balaban J connectivity index is 0.996. The number of likely N-dealkylation sites (N-methyl/N-ethyl adjacent to an activating group) is 1. The molecule has 13 heteroatoms. The molecular formula is C27H52N8O5. The van der Waals surface area contributed by atoms with E-state index in [0.29, 0.717) is 32.5 Å². The first-order valence-corrected chi connectivity index (χ1v) is 15.5. The lowest BCUT2D eigenvalue weighted by molar-refractivity contribution is -0.106. The van der Waals surface area contributed by atoms with Crippen LogP contribution < -0.4 is 32.3 Å². The molecule has 5 fully saturated rings. The molecule has 9 atom stereocenters. The lowest BCUT2D eigenvalue weighted by Gasteiger charge is -2.38. The molecule has 0 radical (unpaired) electrons. The average molecular weight is 569 g/mol. The number of ether oxygens (including phenoxy) is 2. The molecular weight excluding hydrogens is 516 g/mol. The van der Waals surface area contributed by atoms with Gasteiger partial charge in [-0.3, -0.25) is 16.0 Å². The third-order valence-electron chi connectivity index (χ3n) is 9.34. The van der Waals surface area contributed by atoms with Gasteiger partial charge in [0.15, 0.2) is 0 Å². The zero-order valence-corrected chi connectivity index (χ0v) is 24.0. The second-order valence-corrected chi connectivity index (χ2v) is 12.3. The highest BCUT2D eigenvalue weighted by Gasteiger charge is 2.51. The Labute approximate surface area is 238 Å². The van der Waals surface area contributed by atoms with E-state index in [1.54, 1.807) is 0 Å². The van der Waals surface area contributed by atoms with E-state index in [4.69, 9.17) is 15.2 Å². The average Bonchev–Trinajstić information content (AvgIpc) is 3.50. The van der Waals surface area contributed by atoms with E-state index in [1.165, 1.54) is 25.7 Å². The first kappa shape index (κ1) is 30.3. The molecule has 5 aliphatic rings. The number of amides is 2. The molecule has 0 bridgehead atoms. The molecule has 2 saturated carbocycles. The summed E-state index contributed by atoms with van der Waals surface area (Å²) in [7, 11) is 1.96. The van der Waals surface area contributed by atoms with E-state index in [0.717, 1.165) is 45.1 Å². The fourth-order valence-electron chi connectivity index (χ4n) is 7.05. The van der Waals surface area contributed by atoms with Crippen LogP contribution in [0.4, 0.5) is 4.79 Å². The van der Waals surface area contributed by atoms with Crippen LogP contribution in [0.15, 0.2) is 0 Å². The van der Waals surface area contributed by atoms with Gasteiger partial charge in [0.05, 0.1) is 43.3 Å². The maximum Gasteiger partial charge on any atom is 0.315 e. The summed E-state index contributed by atoms with van der Waals surface area (Å²) < 4.78 is 12.6. The molecule has 230 valence electrons. The predicted molar refractivity (Wildman–Crippen MR) is 150 cm³/mol. The van der Waals surface area contributed by atoms with Crippen molar-refractivity contribution in [3.05, 3.63) is 0 Å². The van der Waals surface area contributed by atoms with Crippen molar-refractivity contribution >= 4 is 6.03 Å². The highest BCUT2D eigenvalue weighted by molar-refractivity contribution is 5.74. The maximum absolute atomic E-state index is 12.6. The fourth-order valence-corrected chi connectivity index (χ4v) is 7.05. The summed E-state index contributed by atoms with van der Waals surface area (Å²) in [6.45, 7) is 2.84. The van der Waals surface area contributed by atoms with Gasteiger partial charge in [-0.15, -0.1) is 0 Å². The Bertz CT molecular complexity index is 807. The highest BCUT2D eigenvalue weighted by Crippen LogP contribution is 2.29. The summed E-state index contributed by atoms with van der Waals surface area (Å²) >= 11 is 0. The molecule has 40 heavy (non-hydrogen) atoms. The van der Waals surface area contributed by atoms with Crippen LogP contribution in [0, 0.1) is 0 Å². The van der Waals surface area contributed by atoms with Crippen LogP contribution >= 0.6 is 0 Å². The van der Waals surface area contributed by atoms with E-state index in [2.05, 4.69) is 31.5 Å². The number of aliphatic hydroxyl groups is 2. The topological polar surface area (TPSA) is 169 Å². The number of hydrogen-bond acceptors (Lipinski definition) is 11. The second kappa shape index (κ2) is 14.4. The normalized spacial score (nSPS) is 39.4. The largest absolute Gasteiger partial charge is 0.387 e. The monoisotopic (exact) mass is 568 g/mol. The molecule has 3 saturated heterocycles. The van der Waals surface area contributed by atoms with Crippen molar-refractivity contribution < 1.29 is 24.5 Å². The van der Waals surface area contributed by atoms with Crippen LogP contribution in [0.25, 0.3) is 0 Å². The molecule has 0 aromatic heterocycles. The van der Waals surface area contributed by atoms with Crippen LogP contribution in [0.1, 0.15) is 64.2 Å². The summed E-state index contributed by atoms with van der Waals surface area (Å²) in [5.41, 5.74) is 6.16. The van der Waals surface area contributed by atoms with Crippen LogP contribution in [0.2, 0.25) is 0 Å². The first-order valence-electron chi connectivity index (χ1n) is 15.5. The Morgan fingerprint density at radius 1 is 1.07 bits per heavy atom. The molecule has 9 N–H and O–H groups in total. The number of nitrogens with one attached hydrogen (secondary N) is 5. The predicted octanol–water partition coefficient (Wildman–Crippen LogP) is -1.29. The van der Waals surface area contributed by atoms with Gasteiger partial charge in [-0.2, -0.15) is 0 Å². The van der Waals surface area contributed by atoms with Crippen molar-refractivity contribution in [2.45, 2.75) is 125 Å². The number of carbonyl (C=O) groups excluding carboxylic acids is 1. The van der Waals surface area contributed by atoms with E-state index < -0.39 is 24.5 Å². The summed E-state index contributed by atoms with van der Waals surface area (Å²) in [6.07, 6.45) is 8.21. The number of nitrogens with zero attached hydrogens (tertiary/aromatic N) is 2. The Morgan fingerprint density at radius 2 is 1.85 bits per heavy atom. The molecule has 0 spiro atoms. The van der Waals surface area contributed by atoms with Crippen LogP contribution in [0.3, 0.4) is 0 Å². The highest BCUT2D eigenvalue weighted by atomic mass is 16.6. The van der Waals surface area contributed by atoms with E-state index >= 15 is 0 Å². The number of aliphatic hydroxyl groups excluding tert-OH is 2. The smallest absolute Gasteiger partial charge is 0.315 e. The Kier molecular flexibility index (Phi) is 10.9. The summed E-state index contributed by atoms with van der Waals surface area (Å²) in [5, 5.41) is 37.6. The van der Waals surface area contributed by atoms with Gasteiger partial charge in [-0.05, 0) is 45.7 Å². The van der Waals surface area contributed by atoms with Gasteiger partial charge in [0, 0.05) is 19.8 Å². The van der Waals surface area contributed by atoms with Gasteiger partial charge in [0.25, 0.3) is 0 Å². The molecule has 13 nitrogen and oxygen atoms in total.